The van der Waals surface area contributed by atoms with Crippen LogP contribution in [0.15, 0.2) is 54.2 Å². The second kappa shape index (κ2) is 9.05. The molecule has 0 unspecified atom stereocenters. The number of nitro groups is 1. The summed E-state index contributed by atoms with van der Waals surface area (Å²) in [7, 11) is 0. The number of rotatable bonds is 6. The molecule has 2 aliphatic heterocycles. The van der Waals surface area contributed by atoms with Crippen LogP contribution >= 0.6 is 0 Å². The number of amides is 2. The molecule has 8 heteroatoms. The fourth-order valence-electron chi connectivity index (χ4n) is 4.27. The lowest BCUT2D eigenvalue weighted by Gasteiger charge is -2.32. The summed E-state index contributed by atoms with van der Waals surface area (Å²) in [6, 6.07) is 12.8. The van der Waals surface area contributed by atoms with Crippen LogP contribution in [0, 0.1) is 16.0 Å². The van der Waals surface area contributed by atoms with E-state index in [0.717, 1.165) is 12.8 Å². The minimum Gasteiger partial charge on any atom is -0.489 e. The van der Waals surface area contributed by atoms with Gasteiger partial charge in [0.15, 0.2) is 0 Å². The molecule has 0 atom stereocenters. The molecular weight excluding hydrogens is 422 g/mol. The largest absolute Gasteiger partial charge is 0.489 e. The molecule has 0 N–H and O–H groups in total. The van der Waals surface area contributed by atoms with E-state index in [1.807, 2.05) is 18.7 Å². The van der Waals surface area contributed by atoms with E-state index >= 15 is 0 Å². The summed E-state index contributed by atoms with van der Waals surface area (Å²) in [6.45, 7) is 7.28. The van der Waals surface area contributed by atoms with Gasteiger partial charge in [-0.1, -0.05) is 19.1 Å². The Bertz CT molecular complexity index is 1120. The molecule has 2 aliphatic rings. The maximum absolute atomic E-state index is 13.7. The number of ether oxygens (including phenoxy) is 1. The van der Waals surface area contributed by atoms with Crippen LogP contribution in [0.4, 0.5) is 11.4 Å². The van der Waals surface area contributed by atoms with Gasteiger partial charge in [-0.25, -0.2) is 4.90 Å². The second-order valence-electron chi connectivity index (χ2n) is 8.78. The average Bonchev–Trinajstić information content (AvgIpc) is 3.04. The van der Waals surface area contributed by atoms with Crippen molar-refractivity contribution in [2.45, 2.75) is 39.7 Å². The van der Waals surface area contributed by atoms with Gasteiger partial charge in [0, 0.05) is 25.2 Å². The lowest BCUT2D eigenvalue weighted by Crippen LogP contribution is -2.38. The number of hydrogen-bond acceptors (Lipinski definition) is 6. The number of hydrogen-bond donors (Lipinski definition) is 0. The first-order chi connectivity index (χ1) is 15.8. The molecule has 172 valence electrons. The third-order valence-electron chi connectivity index (χ3n) is 5.99. The molecule has 0 spiro atoms. The monoisotopic (exact) mass is 449 g/mol. The number of nitro benzene ring substituents is 1. The Hall–Kier alpha value is -3.68. The van der Waals surface area contributed by atoms with Crippen LogP contribution in [0.1, 0.15) is 39.2 Å². The number of carbonyl (C=O) groups excluding carboxylic acids is 2. The molecule has 2 amide bonds. The third kappa shape index (κ3) is 4.33. The van der Waals surface area contributed by atoms with Crippen molar-refractivity contribution in [1.29, 1.82) is 0 Å². The molecule has 0 radical (unpaired) electrons. The van der Waals surface area contributed by atoms with Crippen LogP contribution in [-0.2, 0) is 9.59 Å². The van der Waals surface area contributed by atoms with Crippen LogP contribution in [0.2, 0.25) is 0 Å². The normalized spacial score (nSPS) is 17.3. The number of anilines is 1. The van der Waals surface area contributed by atoms with Gasteiger partial charge in [0.05, 0.1) is 22.3 Å². The number of carbonyl (C=O) groups is 2. The van der Waals surface area contributed by atoms with Crippen LogP contribution in [0.25, 0.3) is 5.57 Å². The Morgan fingerprint density at radius 1 is 1.00 bits per heavy atom. The van der Waals surface area contributed by atoms with Gasteiger partial charge in [-0.2, -0.15) is 0 Å². The molecule has 1 fully saturated rings. The zero-order valence-electron chi connectivity index (χ0n) is 19.0. The summed E-state index contributed by atoms with van der Waals surface area (Å²) in [5.41, 5.74) is 1.42. The van der Waals surface area contributed by atoms with Crippen LogP contribution in [0.3, 0.4) is 0 Å². The first kappa shape index (κ1) is 22.5. The van der Waals surface area contributed by atoms with Crippen molar-refractivity contribution < 1.29 is 19.2 Å². The van der Waals surface area contributed by atoms with Gasteiger partial charge in [-0.05, 0) is 62.4 Å². The third-order valence-corrected chi connectivity index (χ3v) is 5.99. The molecule has 0 aromatic heterocycles. The fourth-order valence-corrected chi connectivity index (χ4v) is 4.27. The lowest BCUT2D eigenvalue weighted by atomic mass is 9.97. The molecule has 2 heterocycles. The van der Waals surface area contributed by atoms with Crippen molar-refractivity contribution in [1.82, 2.24) is 4.90 Å². The Morgan fingerprint density at radius 2 is 1.64 bits per heavy atom. The van der Waals surface area contributed by atoms with Crippen molar-refractivity contribution in [2.24, 2.45) is 5.92 Å². The van der Waals surface area contributed by atoms with E-state index in [1.165, 1.54) is 29.2 Å². The van der Waals surface area contributed by atoms with E-state index < -0.39 is 16.7 Å². The summed E-state index contributed by atoms with van der Waals surface area (Å²) >= 11 is 0. The molecule has 4 rings (SSSR count). The zero-order chi connectivity index (χ0) is 23.7. The Labute approximate surface area is 192 Å². The quantitative estimate of drug-likeness (QED) is 0.369. The highest BCUT2D eigenvalue weighted by Crippen LogP contribution is 2.40. The predicted molar refractivity (Wildman–Crippen MR) is 125 cm³/mol. The highest BCUT2D eigenvalue weighted by Gasteiger charge is 2.44. The molecular formula is C25H27N3O5. The Kier molecular flexibility index (Phi) is 6.18. The summed E-state index contributed by atoms with van der Waals surface area (Å²) < 4.78 is 5.88. The smallest absolute Gasteiger partial charge is 0.282 e. The summed E-state index contributed by atoms with van der Waals surface area (Å²) in [5.74, 6) is 0.143. The van der Waals surface area contributed by atoms with Gasteiger partial charge in [0.1, 0.15) is 11.4 Å². The van der Waals surface area contributed by atoms with Gasteiger partial charge in [-0.15, -0.1) is 0 Å². The van der Waals surface area contributed by atoms with Crippen molar-refractivity contribution in [3.63, 3.8) is 0 Å². The standard InChI is InChI=1S/C25H27N3O5/c1-16(2)33-21-7-5-4-6-20(21)27-24(29)22(18-8-10-19(11-9-18)28(31)32)23(25(27)30)26-14-12-17(3)13-15-26/h4-11,16-17H,12-15H2,1-3H3. The molecule has 0 saturated carbocycles. The molecule has 33 heavy (non-hydrogen) atoms. The highest BCUT2D eigenvalue weighted by atomic mass is 16.6. The van der Waals surface area contributed by atoms with Crippen LogP contribution in [0.5, 0.6) is 5.75 Å². The van der Waals surface area contributed by atoms with Gasteiger partial charge in [0.2, 0.25) is 0 Å². The number of non-ortho nitro benzene ring substituents is 1. The van der Waals surface area contributed by atoms with E-state index in [4.69, 9.17) is 4.74 Å². The molecule has 1 saturated heterocycles. The first-order valence-corrected chi connectivity index (χ1v) is 11.2. The number of likely N-dealkylation sites (tertiary alicyclic amines) is 1. The topological polar surface area (TPSA) is 93.0 Å². The fraction of sp³-hybridized carbons (Fsp3) is 0.360. The van der Waals surface area contributed by atoms with E-state index in [9.17, 15) is 19.7 Å². The van der Waals surface area contributed by atoms with Gasteiger partial charge in [-0.3, -0.25) is 19.7 Å². The van der Waals surface area contributed by atoms with Gasteiger partial charge < -0.3 is 9.64 Å². The molecule has 0 aliphatic carbocycles. The van der Waals surface area contributed by atoms with Crippen LogP contribution < -0.4 is 9.64 Å². The Balaban J connectivity index is 1.81. The number of piperidine rings is 1. The SMILES string of the molecule is CC1CCN(C2=C(c3ccc([N+](=O)[O-])cc3)C(=O)N(c3ccccc3OC(C)C)C2=O)CC1. The average molecular weight is 450 g/mol. The van der Waals surface area contributed by atoms with E-state index in [0.29, 0.717) is 41.7 Å². The molecule has 2 aromatic rings. The number of nitrogens with zero attached hydrogens (tertiary/aromatic N) is 3. The summed E-state index contributed by atoms with van der Waals surface area (Å²) in [6.07, 6.45) is 1.71. The van der Waals surface area contributed by atoms with E-state index in [-0.39, 0.29) is 17.4 Å². The van der Waals surface area contributed by atoms with Crippen molar-refractivity contribution in [3.05, 3.63) is 69.9 Å². The van der Waals surface area contributed by atoms with Crippen molar-refractivity contribution in [3.8, 4) is 5.75 Å². The van der Waals surface area contributed by atoms with Crippen molar-refractivity contribution >= 4 is 28.8 Å². The lowest BCUT2D eigenvalue weighted by molar-refractivity contribution is -0.384. The molecule has 0 bridgehead atoms. The summed E-state index contributed by atoms with van der Waals surface area (Å²) in [5, 5.41) is 11.1. The minimum absolute atomic E-state index is 0.0722. The number of benzene rings is 2. The highest BCUT2D eigenvalue weighted by molar-refractivity contribution is 6.45. The van der Waals surface area contributed by atoms with Gasteiger partial charge >= 0.3 is 0 Å². The Morgan fingerprint density at radius 3 is 2.24 bits per heavy atom. The second-order valence-corrected chi connectivity index (χ2v) is 8.78. The zero-order valence-corrected chi connectivity index (χ0v) is 19.0. The minimum atomic E-state index is -0.488. The number of para-hydroxylation sites is 2. The maximum atomic E-state index is 13.7. The van der Waals surface area contributed by atoms with Crippen molar-refractivity contribution in [2.75, 3.05) is 18.0 Å². The van der Waals surface area contributed by atoms with Crippen LogP contribution in [-0.4, -0.2) is 40.8 Å². The molecule has 8 nitrogen and oxygen atoms in total. The predicted octanol–water partition coefficient (Wildman–Crippen LogP) is 4.40. The summed E-state index contributed by atoms with van der Waals surface area (Å²) in [4.78, 5) is 41.2. The first-order valence-electron chi connectivity index (χ1n) is 11.2. The number of imide groups is 1. The molecule has 2 aromatic carbocycles. The maximum Gasteiger partial charge on any atom is 0.282 e. The van der Waals surface area contributed by atoms with Gasteiger partial charge in [0.25, 0.3) is 17.5 Å². The van der Waals surface area contributed by atoms with E-state index in [1.54, 1.807) is 24.3 Å². The van der Waals surface area contributed by atoms with E-state index in [2.05, 4.69) is 6.92 Å².